The summed E-state index contributed by atoms with van der Waals surface area (Å²) < 4.78 is 4.70. The van der Waals surface area contributed by atoms with E-state index in [9.17, 15) is 24.5 Å². The van der Waals surface area contributed by atoms with Crippen LogP contribution < -0.4 is 10.6 Å². The minimum Gasteiger partial charge on any atom is -0.452 e. The molecule has 0 aromatic heterocycles. The number of hydrogen-bond acceptors (Lipinski definition) is 6. The minimum absolute atomic E-state index is 0.167. The summed E-state index contributed by atoms with van der Waals surface area (Å²) in [5.41, 5.74) is 0.908. The number of nitro benzene ring substituents is 1. The maximum Gasteiger partial charge on any atom is 0.331 e. The first kappa shape index (κ1) is 20.3. The number of carbonyl (C=O) groups excluding carboxylic acids is 3. The molecule has 0 heterocycles. The van der Waals surface area contributed by atoms with Crippen LogP contribution in [0.5, 0.6) is 0 Å². The minimum atomic E-state index is -0.877. The van der Waals surface area contributed by atoms with Gasteiger partial charge in [-0.05, 0) is 17.7 Å². The fourth-order valence-corrected chi connectivity index (χ4v) is 2.12. The van der Waals surface area contributed by atoms with E-state index in [2.05, 4.69) is 5.32 Å². The summed E-state index contributed by atoms with van der Waals surface area (Å²) in [7, 11) is 0. The molecular formula is C19H17N3O6. The first-order chi connectivity index (χ1) is 13.5. The van der Waals surface area contributed by atoms with Crippen molar-refractivity contribution in [3.05, 3.63) is 81.9 Å². The van der Waals surface area contributed by atoms with E-state index < -0.39 is 29.4 Å². The summed E-state index contributed by atoms with van der Waals surface area (Å²) in [6, 6.07) is 14.2. The number of nitrogens with zero attached hydrogens (tertiary/aromatic N) is 1. The second kappa shape index (κ2) is 10.2. The Morgan fingerprint density at radius 3 is 2.43 bits per heavy atom. The molecule has 0 radical (unpaired) electrons. The van der Waals surface area contributed by atoms with Crippen LogP contribution in [0, 0.1) is 10.1 Å². The van der Waals surface area contributed by atoms with Gasteiger partial charge in [-0.25, -0.2) is 9.59 Å². The number of carbonyl (C=O) groups is 3. The molecule has 0 saturated heterocycles. The molecule has 0 aliphatic rings. The molecule has 28 heavy (non-hydrogen) atoms. The molecule has 0 spiro atoms. The maximum atomic E-state index is 11.6. The van der Waals surface area contributed by atoms with E-state index >= 15 is 0 Å². The summed E-state index contributed by atoms with van der Waals surface area (Å²) in [5.74, 6) is -1.68. The Morgan fingerprint density at radius 2 is 1.71 bits per heavy atom. The van der Waals surface area contributed by atoms with Crippen molar-refractivity contribution in [3.63, 3.8) is 0 Å². The van der Waals surface area contributed by atoms with Crippen LogP contribution in [0.15, 0.2) is 60.7 Å². The van der Waals surface area contributed by atoms with Crippen LogP contribution in [0.2, 0.25) is 0 Å². The molecular weight excluding hydrogens is 366 g/mol. The highest BCUT2D eigenvalue weighted by molar-refractivity contribution is 5.96. The van der Waals surface area contributed by atoms with E-state index in [1.165, 1.54) is 24.3 Å². The molecule has 0 aliphatic carbocycles. The normalized spacial score (nSPS) is 10.3. The lowest BCUT2D eigenvalue weighted by Gasteiger charge is -2.07. The van der Waals surface area contributed by atoms with Crippen molar-refractivity contribution in [2.75, 3.05) is 6.61 Å². The van der Waals surface area contributed by atoms with Gasteiger partial charge in [0.1, 0.15) is 0 Å². The average molecular weight is 383 g/mol. The second-order valence-corrected chi connectivity index (χ2v) is 5.47. The highest BCUT2D eigenvalue weighted by atomic mass is 16.6. The van der Waals surface area contributed by atoms with Crippen molar-refractivity contribution in [2.24, 2.45) is 0 Å². The molecule has 0 aliphatic heterocycles. The largest absolute Gasteiger partial charge is 0.452 e. The summed E-state index contributed by atoms with van der Waals surface area (Å²) in [5, 5.41) is 15.4. The van der Waals surface area contributed by atoms with Gasteiger partial charge in [-0.3, -0.25) is 20.2 Å². The van der Waals surface area contributed by atoms with Gasteiger partial charge in [-0.2, -0.15) is 0 Å². The van der Waals surface area contributed by atoms with E-state index in [4.69, 9.17) is 4.74 Å². The number of benzene rings is 2. The number of esters is 1. The van der Waals surface area contributed by atoms with Gasteiger partial charge in [0.15, 0.2) is 6.61 Å². The zero-order valence-electron chi connectivity index (χ0n) is 14.7. The van der Waals surface area contributed by atoms with Crippen LogP contribution in [0.3, 0.4) is 0 Å². The molecule has 0 unspecified atom stereocenters. The summed E-state index contributed by atoms with van der Waals surface area (Å²) >= 11 is 0. The zero-order valence-corrected chi connectivity index (χ0v) is 14.7. The molecule has 2 aromatic rings. The van der Waals surface area contributed by atoms with E-state index in [0.29, 0.717) is 0 Å². The van der Waals surface area contributed by atoms with Gasteiger partial charge in [0.25, 0.3) is 11.6 Å². The van der Waals surface area contributed by atoms with Gasteiger partial charge in [-0.1, -0.05) is 42.5 Å². The number of para-hydroxylation sites is 1. The Bertz CT molecular complexity index is 896. The molecule has 2 aromatic carbocycles. The number of ether oxygens (including phenoxy) is 1. The van der Waals surface area contributed by atoms with E-state index in [-0.39, 0.29) is 17.8 Å². The fourth-order valence-electron chi connectivity index (χ4n) is 2.12. The van der Waals surface area contributed by atoms with Crippen LogP contribution in [0.1, 0.15) is 11.1 Å². The van der Waals surface area contributed by atoms with Gasteiger partial charge in [0.2, 0.25) is 0 Å². The molecule has 2 rings (SSSR count). The van der Waals surface area contributed by atoms with Crippen LogP contribution in [-0.4, -0.2) is 29.4 Å². The van der Waals surface area contributed by atoms with Crippen molar-refractivity contribution < 1.29 is 24.0 Å². The Balaban J connectivity index is 1.75. The van der Waals surface area contributed by atoms with Gasteiger partial charge < -0.3 is 10.1 Å². The van der Waals surface area contributed by atoms with Crippen molar-refractivity contribution in [1.29, 1.82) is 0 Å². The van der Waals surface area contributed by atoms with E-state index in [0.717, 1.165) is 11.6 Å². The number of nitro groups is 1. The number of hydrogen-bond donors (Lipinski definition) is 2. The van der Waals surface area contributed by atoms with Gasteiger partial charge >= 0.3 is 12.0 Å². The predicted molar refractivity (Wildman–Crippen MR) is 99.9 cm³/mol. The first-order valence-corrected chi connectivity index (χ1v) is 8.15. The van der Waals surface area contributed by atoms with Crippen molar-refractivity contribution in [2.45, 2.75) is 6.54 Å². The second-order valence-electron chi connectivity index (χ2n) is 5.47. The molecule has 0 fully saturated rings. The third-order valence-corrected chi connectivity index (χ3v) is 3.43. The van der Waals surface area contributed by atoms with Crippen LogP contribution in [-0.2, 0) is 20.9 Å². The molecule has 2 N–H and O–H groups in total. The standard InChI is InChI=1S/C19H17N3O6/c23-17(21-19(25)20-12-14-6-2-1-3-7-14)13-28-18(24)11-10-15-8-4-5-9-16(15)22(26)27/h1-11H,12-13H2,(H2,20,21,23,25)/b11-10+. The molecule has 9 heteroatoms. The van der Waals surface area contributed by atoms with Gasteiger partial charge in [0.05, 0.1) is 10.5 Å². The Morgan fingerprint density at radius 1 is 1.04 bits per heavy atom. The number of amides is 3. The summed E-state index contributed by atoms with van der Waals surface area (Å²) in [6.45, 7) is -0.433. The lowest BCUT2D eigenvalue weighted by molar-refractivity contribution is -0.385. The zero-order chi connectivity index (χ0) is 20.4. The van der Waals surface area contributed by atoms with E-state index in [1.807, 2.05) is 35.6 Å². The van der Waals surface area contributed by atoms with Crippen LogP contribution in [0.4, 0.5) is 10.5 Å². The maximum absolute atomic E-state index is 11.6. The lowest BCUT2D eigenvalue weighted by atomic mass is 10.1. The quantitative estimate of drug-likeness (QED) is 0.326. The summed E-state index contributed by atoms with van der Waals surface area (Å²) in [6.07, 6.45) is 2.18. The molecule has 0 atom stereocenters. The lowest BCUT2D eigenvalue weighted by Crippen LogP contribution is -2.41. The van der Waals surface area contributed by atoms with E-state index in [1.54, 1.807) is 6.07 Å². The monoisotopic (exact) mass is 383 g/mol. The summed E-state index contributed by atoms with van der Waals surface area (Å²) in [4.78, 5) is 45.2. The van der Waals surface area contributed by atoms with Crippen molar-refractivity contribution in [3.8, 4) is 0 Å². The highest BCUT2D eigenvalue weighted by Gasteiger charge is 2.11. The van der Waals surface area contributed by atoms with Crippen molar-refractivity contribution >= 4 is 29.7 Å². The number of rotatable bonds is 7. The van der Waals surface area contributed by atoms with Crippen molar-refractivity contribution in [1.82, 2.24) is 10.6 Å². The van der Waals surface area contributed by atoms with Gasteiger partial charge in [-0.15, -0.1) is 0 Å². The van der Waals surface area contributed by atoms with Crippen LogP contribution in [0.25, 0.3) is 6.08 Å². The Hall–Kier alpha value is -4.01. The fraction of sp³-hybridized carbons (Fsp3) is 0.105. The Labute approximate surface area is 160 Å². The molecule has 0 saturated carbocycles. The van der Waals surface area contributed by atoms with Gasteiger partial charge in [0, 0.05) is 18.7 Å². The SMILES string of the molecule is O=C(COC(=O)/C=C/c1ccccc1[N+](=O)[O-])NC(=O)NCc1ccccc1. The smallest absolute Gasteiger partial charge is 0.331 e. The molecule has 144 valence electrons. The number of urea groups is 1. The average Bonchev–Trinajstić information content (AvgIpc) is 2.70. The topological polar surface area (TPSA) is 128 Å². The van der Waals surface area contributed by atoms with Crippen LogP contribution >= 0.6 is 0 Å². The molecule has 3 amide bonds. The predicted octanol–water partition coefficient (Wildman–Crippen LogP) is 2.18. The number of nitrogens with one attached hydrogen (secondary N) is 2. The molecule has 9 nitrogen and oxygen atoms in total. The first-order valence-electron chi connectivity index (χ1n) is 8.15. The third kappa shape index (κ3) is 6.71. The number of imide groups is 1. The highest BCUT2D eigenvalue weighted by Crippen LogP contribution is 2.18. The molecule has 0 bridgehead atoms. The third-order valence-electron chi connectivity index (χ3n) is 3.43. The Kier molecular flexibility index (Phi) is 7.41.